The van der Waals surface area contributed by atoms with Crippen LogP contribution in [-0.4, -0.2) is 71.8 Å². The second-order valence-corrected chi connectivity index (χ2v) is 6.38. The highest BCUT2D eigenvalue weighted by atomic mass is 16.2. The number of likely N-dealkylation sites (tertiary alicyclic amines) is 1. The van der Waals surface area contributed by atoms with Crippen LogP contribution < -0.4 is 10.6 Å². The van der Waals surface area contributed by atoms with E-state index in [0.29, 0.717) is 57.1 Å². The predicted octanol–water partition coefficient (Wildman–Crippen LogP) is -0.302. The van der Waals surface area contributed by atoms with Gasteiger partial charge in [0.2, 0.25) is 11.8 Å². The van der Waals surface area contributed by atoms with Crippen molar-refractivity contribution in [2.45, 2.75) is 13.3 Å². The molecular formula is C17H23N5O3. The SMILES string of the molecule is CCN1CC(C(=O)N2CCN(c3ncccc3C(N)=O)CC2)CC1=O. The Balaban J connectivity index is 1.62. The third-order valence-electron chi connectivity index (χ3n) is 4.89. The second-order valence-electron chi connectivity index (χ2n) is 6.38. The Hall–Kier alpha value is -2.64. The summed E-state index contributed by atoms with van der Waals surface area (Å²) in [6, 6.07) is 3.34. The molecule has 1 unspecified atom stereocenters. The van der Waals surface area contributed by atoms with E-state index in [-0.39, 0.29) is 17.7 Å². The van der Waals surface area contributed by atoms with Gasteiger partial charge in [-0.1, -0.05) is 0 Å². The van der Waals surface area contributed by atoms with Gasteiger partial charge in [0.25, 0.3) is 5.91 Å². The summed E-state index contributed by atoms with van der Waals surface area (Å²) < 4.78 is 0. The van der Waals surface area contributed by atoms with Crippen LogP contribution in [0.2, 0.25) is 0 Å². The Labute approximate surface area is 146 Å². The summed E-state index contributed by atoms with van der Waals surface area (Å²) in [4.78, 5) is 45.8. The number of primary amides is 1. The number of nitrogens with zero attached hydrogens (tertiary/aromatic N) is 4. The molecule has 1 atom stereocenters. The van der Waals surface area contributed by atoms with Gasteiger partial charge in [-0.25, -0.2) is 4.98 Å². The van der Waals surface area contributed by atoms with Crippen molar-refractivity contribution in [1.29, 1.82) is 0 Å². The van der Waals surface area contributed by atoms with Crippen molar-refractivity contribution in [1.82, 2.24) is 14.8 Å². The van der Waals surface area contributed by atoms with Crippen LogP contribution in [0.5, 0.6) is 0 Å². The van der Waals surface area contributed by atoms with Gasteiger partial charge in [0.15, 0.2) is 0 Å². The number of rotatable bonds is 4. The molecule has 8 nitrogen and oxygen atoms in total. The lowest BCUT2D eigenvalue weighted by Gasteiger charge is -2.37. The standard InChI is InChI=1S/C17H23N5O3/c1-2-20-11-12(10-14(20)23)17(25)22-8-6-21(7-9-22)16-13(15(18)24)4-3-5-19-16/h3-5,12H,2,6-11H2,1H3,(H2,18,24). The fraction of sp³-hybridized carbons (Fsp3) is 0.529. The van der Waals surface area contributed by atoms with Gasteiger partial charge in [-0.15, -0.1) is 0 Å². The first-order valence-electron chi connectivity index (χ1n) is 8.57. The number of hydrogen-bond donors (Lipinski definition) is 1. The van der Waals surface area contributed by atoms with E-state index in [1.807, 2.05) is 11.8 Å². The molecule has 3 heterocycles. The fourth-order valence-corrected chi connectivity index (χ4v) is 3.48. The van der Waals surface area contributed by atoms with E-state index in [9.17, 15) is 14.4 Å². The number of carbonyl (C=O) groups is 3. The maximum Gasteiger partial charge on any atom is 0.252 e. The van der Waals surface area contributed by atoms with E-state index in [1.54, 1.807) is 28.1 Å². The van der Waals surface area contributed by atoms with Gasteiger partial charge >= 0.3 is 0 Å². The minimum Gasteiger partial charge on any atom is -0.365 e. The van der Waals surface area contributed by atoms with Gasteiger partial charge in [0.05, 0.1) is 11.5 Å². The molecule has 2 aliphatic heterocycles. The number of carbonyl (C=O) groups excluding carboxylic acids is 3. The van der Waals surface area contributed by atoms with Crippen LogP contribution in [0.25, 0.3) is 0 Å². The number of aromatic nitrogens is 1. The van der Waals surface area contributed by atoms with E-state index >= 15 is 0 Å². The van der Waals surface area contributed by atoms with E-state index in [4.69, 9.17) is 5.73 Å². The lowest BCUT2D eigenvalue weighted by molar-refractivity contribution is -0.136. The Morgan fingerprint density at radius 1 is 1.28 bits per heavy atom. The molecule has 3 rings (SSSR count). The van der Waals surface area contributed by atoms with Gasteiger partial charge in [-0.2, -0.15) is 0 Å². The van der Waals surface area contributed by atoms with Crippen molar-refractivity contribution < 1.29 is 14.4 Å². The highest BCUT2D eigenvalue weighted by Crippen LogP contribution is 2.22. The minimum absolute atomic E-state index is 0.0418. The molecule has 3 amide bonds. The molecule has 0 aliphatic carbocycles. The number of anilines is 1. The molecule has 25 heavy (non-hydrogen) atoms. The van der Waals surface area contributed by atoms with Crippen LogP contribution in [0, 0.1) is 5.92 Å². The molecule has 0 bridgehead atoms. The first kappa shape index (κ1) is 17.2. The zero-order chi connectivity index (χ0) is 18.0. The summed E-state index contributed by atoms with van der Waals surface area (Å²) in [5.74, 6) is -0.0877. The average Bonchev–Trinajstić information content (AvgIpc) is 3.02. The average molecular weight is 345 g/mol. The van der Waals surface area contributed by atoms with Crippen molar-refractivity contribution in [2.75, 3.05) is 44.2 Å². The molecule has 2 N–H and O–H groups in total. The van der Waals surface area contributed by atoms with E-state index < -0.39 is 5.91 Å². The number of pyridine rings is 1. The lowest BCUT2D eigenvalue weighted by Crippen LogP contribution is -2.51. The predicted molar refractivity (Wildman–Crippen MR) is 91.9 cm³/mol. The third-order valence-corrected chi connectivity index (χ3v) is 4.89. The van der Waals surface area contributed by atoms with Crippen molar-refractivity contribution in [3.63, 3.8) is 0 Å². The number of piperazine rings is 1. The zero-order valence-electron chi connectivity index (χ0n) is 14.4. The largest absolute Gasteiger partial charge is 0.365 e. The zero-order valence-corrected chi connectivity index (χ0v) is 14.4. The maximum absolute atomic E-state index is 12.7. The highest BCUT2D eigenvalue weighted by molar-refractivity contribution is 5.97. The van der Waals surface area contributed by atoms with Crippen molar-refractivity contribution in [3.05, 3.63) is 23.9 Å². The molecule has 1 aromatic rings. The molecule has 0 spiro atoms. The highest BCUT2D eigenvalue weighted by Gasteiger charge is 2.36. The van der Waals surface area contributed by atoms with Gasteiger partial charge in [0, 0.05) is 51.9 Å². The normalized spacial score (nSPS) is 20.9. The number of nitrogens with two attached hydrogens (primary N) is 1. The summed E-state index contributed by atoms with van der Waals surface area (Å²) in [6.07, 6.45) is 1.93. The summed E-state index contributed by atoms with van der Waals surface area (Å²) >= 11 is 0. The van der Waals surface area contributed by atoms with Gasteiger partial charge < -0.3 is 20.4 Å². The summed E-state index contributed by atoms with van der Waals surface area (Å²) in [5, 5.41) is 0. The molecule has 2 saturated heterocycles. The van der Waals surface area contributed by atoms with Gasteiger partial charge in [0.1, 0.15) is 5.82 Å². The van der Waals surface area contributed by atoms with E-state index in [0.717, 1.165) is 0 Å². The van der Waals surface area contributed by atoms with E-state index in [1.165, 1.54) is 0 Å². The van der Waals surface area contributed by atoms with Crippen molar-refractivity contribution in [2.24, 2.45) is 11.7 Å². The monoisotopic (exact) mass is 345 g/mol. The summed E-state index contributed by atoms with van der Waals surface area (Å²) in [5.41, 5.74) is 5.80. The molecule has 2 aliphatic rings. The number of hydrogen-bond acceptors (Lipinski definition) is 5. The quantitative estimate of drug-likeness (QED) is 0.807. The Kier molecular flexibility index (Phi) is 4.87. The molecular weight excluding hydrogens is 322 g/mol. The molecule has 0 aromatic carbocycles. The Morgan fingerprint density at radius 3 is 2.60 bits per heavy atom. The Morgan fingerprint density at radius 2 is 2.00 bits per heavy atom. The first-order chi connectivity index (χ1) is 12.0. The van der Waals surface area contributed by atoms with Crippen LogP contribution >= 0.6 is 0 Å². The topological polar surface area (TPSA) is 99.8 Å². The molecule has 2 fully saturated rings. The molecule has 8 heteroatoms. The summed E-state index contributed by atoms with van der Waals surface area (Å²) in [7, 11) is 0. The van der Waals surface area contributed by atoms with E-state index in [2.05, 4.69) is 4.98 Å². The minimum atomic E-state index is -0.509. The first-order valence-corrected chi connectivity index (χ1v) is 8.57. The van der Waals surface area contributed by atoms with Crippen LogP contribution in [0.4, 0.5) is 5.82 Å². The molecule has 0 saturated carbocycles. The smallest absolute Gasteiger partial charge is 0.252 e. The van der Waals surface area contributed by atoms with Crippen molar-refractivity contribution in [3.8, 4) is 0 Å². The second kappa shape index (κ2) is 7.08. The van der Waals surface area contributed by atoms with Gasteiger partial charge in [-0.05, 0) is 19.1 Å². The summed E-state index contributed by atoms with van der Waals surface area (Å²) in [6.45, 7) is 5.34. The number of amides is 3. The van der Waals surface area contributed by atoms with Crippen LogP contribution in [0.1, 0.15) is 23.7 Å². The Bertz CT molecular complexity index is 685. The van der Waals surface area contributed by atoms with Crippen LogP contribution in [0.15, 0.2) is 18.3 Å². The molecule has 1 aromatic heterocycles. The molecule has 0 radical (unpaired) electrons. The van der Waals surface area contributed by atoms with Crippen molar-refractivity contribution >= 4 is 23.5 Å². The fourth-order valence-electron chi connectivity index (χ4n) is 3.48. The molecule has 134 valence electrons. The third kappa shape index (κ3) is 3.42. The van der Waals surface area contributed by atoms with Crippen LogP contribution in [0.3, 0.4) is 0 Å². The van der Waals surface area contributed by atoms with Crippen LogP contribution in [-0.2, 0) is 9.59 Å². The lowest BCUT2D eigenvalue weighted by atomic mass is 10.1. The van der Waals surface area contributed by atoms with Gasteiger partial charge in [-0.3, -0.25) is 14.4 Å². The maximum atomic E-state index is 12.7.